The molecule has 4 nitrogen and oxygen atoms in total. The summed E-state index contributed by atoms with van der Waals surface area (Å²) >= 11 is 0. The largest absolute Gasteiger partial charge is 0.305 e. The van der Waals surface area contributed by atoms with Crippen molar-refractivity contribution in [2.75, 3.05) is 0 Å². The maximum atomic E-state index is 12.8. The maximum absolute atomic E-state index is 12.8. The number of carbonyl (C=O) groups excluding carboxylic acids is 1. The first kappa shape index (κ1) is 10.3. The van der Waals surface area contributed by atoms with E-state index in [2.05, 4.69) is 0 Å². The van der Waals surface area contributed by atoms with Crippen LogP contribution in [0, 0.1) is 15.9 Å². The highest BCUT2D eigenvalue weighted by atomic mass is 19.1. The lowest BCUT2D eigenvalue weighted by molar-refractivity contribution is -0.387. The Morgan fingerprint density at radius 3 is 2.71 bits per heavy atom. The molecule has 14 heavy (non-hydrogen) atoms. The molecule has 0 fully saturated rings. The van der Waals surface area contributed by atoms with E-state index in [1.807, 2.05) is 0 Å². The average molecular weight is 197 g/mol. The Morgan fingerprint density at radius 1 is 1.57 bits per heavy atom. The summed E-state index contributed by atoms with van der Waals surface area (Å²) < 4.78 is 12.8. The van der Waals surface area contributed by atoms with Crippen LogP contribution in [-0.4, -0.2) is 10.7 Å². The minimum absolute atomic E-state index is 0.0844. The van der Waals surface area contributed by atoms with Crippen LogP contribution in [0.15, 0.2) is 18.2 Å². The van der Waals surface area contributed by atoms with Gasteiger partial charge in [0.15, 0.2) is 0 Å². The summed E-state index contributed by atoms with van der Waals surface area (Å²) in [6.07, 6.45) is 0.0844. The van der Waals surface area contributed by atoms with E-state index in [1.165, 1.54) is 13.0 Å². The third-order valence-electron chi connectivity index (χ3n) is 1.66. The van der Waals surface area contributed by atoms with Crippen molar-refractivity contribution in [3.8, 4) is 0 Å². The number of ketones is 1. The summed E-state index contributed by atoms with van der Waals surface area (Å²) in [5.74, 6) is -1.01. The van der Waals surface area contributed by atoms with Crippen molar-refractivity contribution in [2.24, 2.45) is 0 Å². The molecule has 0 N–H and O–H groups in total. The second kappa shape index (κ2) is 3.95. The standard InChI is InChI=1S/C9H8FNO3/c1-6(12)4-7-2-3-8(10)9(5-7)11(13)14/h2-3,5H,4H2,1H3. The van der Waals surface area contributed by atoms with Gasteiger partial charge in [-0.15, -0.1) is 0 Å². The number of nitro benzene ring substituents is 1. The Morgan fingerprint density at radius 2 is 2.21 bits per heavy atom. The van der Waals surface area contributed by atoms with Gasteiger partial charge in [0.25, 0.3) is 0 Å². The van der Waals surface area contributed by atoms with Crippen LogP contribution in [0.2, 0.25) is 0 Å². The quantitative estimate of drug-likeness (QED) is 0.548. The van der Waals surface area contributed by atoms with E-state index in [0.29, 0.717) is 5.56 Å². The molecule has 5 heteroatoms. The molecule has 0 saturated heterocycles. The highest BCUT2D eigenvalue weighted by Gasteiger charge is 2.14. The molecule has 0 radical (unpaired) electrons. The minimum Gasteiger partial charge on any atom is -0.300 e. The molecule has 0 amide bonds. The maximum Gasteiger partial charge on any atom is 0.305 e. The van der Waals surface area contributed by atoms with Gasteiger partial charge < -0.3 is 0 Å². The number of hydrogen-bond acceptors (Lipinski definition) is 3. The Kier molecular flexibility index (Phi) is 2.91. The Bertz CT molecular complexity index is 390. The molecule has 0 atom stereocenters. The zero-order chi connectivity index (χ0) is 10.7. The first-order chi connectivity index (χ1) is 6.50. The number of nitrogens with zero attached hydrogens (tertiary/aromatic N) is 1. The van der Waals surface area contributed by atoms with Crippen LogP contribution in [0.3, 0.4) is 0 Å². The van der Waals surface area contributed by atoms with Gasteiger partial charge in [0.2, 0.25) is 5.82 Å². The molecule has 0 aliphatic rings. The molecule has 0 aliphatic heterocycles. The normalized spacial score (nSPS) is 9.86. The number of rotatable bonds is 3. The van der Waals surface area contributed by atoms with E-state index in [4.69, 9.17) is 0 Å². The molecular weight excluding hydrogens is 189 g/mol. The number of Topliss-reactive ketones (excluding diaryl/α,β-unsaturated/α-hetero) is 1. The predicted octanol–water partition coefficient (Wildman–Crippen LogP) is 1.87. The second-order valence-electron chi connectivity index (χ2n) is 2.92. The zero-order valence-electron chi connectivity index (χ0n) is 7.49. The number of hydrogen-bond donors (Lipinski definition) is 0. The molecule has 0 spiro atoms. The number of benzene rings is 1. The van der Waals surface area contributed by atoms with Crippen molar-refractivity contribution in [1.29, 1.82) is 0 Å². The first-order valence-corrected chi connectivity index (χ1v) is 3.93. The zero-order valence-corrected chi connectivity index (χ0v) is 7.49. The van der Waals surface area contributed by atoms with Crippen LogP contribution in [0.25, 0.3) is 0 Å². The first-order valence-electron chi connectivity index (χ1n) is 3.93. The fraction of sp³-hybridized carbons (Fsp3) is 0.222. The van der Waals surface area contributed by atoms with Crippen molar-refractivity contribution in [2.45, 2.75) is 13.3 Å². The molecule has 0 unspecified atom stereocenters. The van der Waals surface area contributed by atoms with Gasteiger partial charge in [0.05, 0.1) is 4.92 Å². The van der Waals surface area contributed by atoms with Gasteiger partial charge in [-0.2, -0.15) is 4.39 Å². The Balaban J connectivity index is 3.06. The van der Waals surface area contributed by atoms with Crippen molar-refractivity contribution >= 4 is 11.5 Å². The summed E-state index contributed by atoms with van der Waals surface area (Å²) in [6, 6.07) is 3.44. The molecule has 1 rings (SSSR count). The van der Waals surface area contributed by atoms with Gasteiger partial charge in [0.1, 0.15) is 5.78 Å². The Hall–Kier alpha value is -1.78. The second-order valence-corrected chi connectivity index (χ2v) is 2.92. The van der Waals surface area contributed by atoms with E-state index in [1.54, 1.807) is 0 Å². The lowest BCUT2D eigenvalue weighted by Gasteiger charge is -1.98. The minimum atomic E-state index is -0.887. The van der Waals surface area contributed by atoms with E-state index in [0.717, 1.165) is 12.1 Å². The summed E-state index contributed by atoms with van der Waals surface area (Å²) in [7, 11) is 0. The van der Waals surface area contributed by atoms with Gasteiger partial charge in [-0.05, 0) is 18.6 Å². The lowest BCUT2D eigenvalue weighted by Crippen LogP contribution is -1.99. The topological polar surface area (TPSA) is 60.2 Å². The monoisotopic (exact) mass is 197 g/mol. The molecule has 0 aromatic heterocycles. The Labute approximate surface area is 79.5 Å². The molecule has 0 bridgehead atoms. The number of nitro groups is 1. The van der Waals surface area contributed by atoms with Gasteiger partial charge in [-0.3, -0.25) is 14.9 Å². The number of carbonyl (C=O) groups is 1. The summed E-state index contributed by atoms with van der Waals surface area (Å²) in [4.78, 5) is 20.2. The number of halogens is 1. The van der Waals surface area contributed by atoms with Crippen LogP contribution in [0.5, 0.6) is 0 Å². The summed E-state index contributed by atoms with van der Waals surface area (Å²) in [5, 5.41) is 10.3. The highest BCUT2D eigenvalue weighted by molar-refractivity contribution is 5.78. The van der Waals surface area contributed by atoms with Gasteiger partial charge in [-0.1, -0.05) is 6.07 Å². The highest BCUT2D eigenvalue weighted by Crippen LogP contribution is 2.18. The van der Waals surface area contributed by atoms with Crippen LogP contribution in [-0.2, 0) is 11.2 Å². The van der Waals surface area contributed by atoms with Crippen LogP contribution in [0.1, 0.15) is 12.5 Å². The van der Waals surface area contributed by atoms with Crippen molar-refractivity contribution in [3.63, 3.8) is 0 Å². The van der Waals surface area contributed by atoms with Gasteiger partial charge in [-0.25, -0.2) is 0 Å². The third kappa shape index (κ3) is 2.35. The van der Waals surface area contributed by atoms with E-state index < -0.39 is 16.4 Å². The fourth-order valence-electron chi connectivity index (χ4n) is 1.10. The SMILES string of the molecule is CC(=O)Cc1ccc(F)c([N+](=O)[O-])c1. The van der Waals surface area contributed by atoms with Crippen LogP contribution >= 0.6 is 0 Å². The van der Waals surface area contributed by atoms with Crippen molar-refractivity contribution in [1.82, 2.24) is 0 Å². The van der Waals surface area contributed by atoms with E-state index >= 15 is 0 Å². The molecule has 0 aliphatic carbocycles. The molecule has 74 valence electrons. The smallest absolute Gasteiger partial charge is 0.300 e. The van der Waals surface area contributed by atoms with E-state index in [-0.39, 0.29) is 12.2 Å². The molecule has 1 aromatic rings. The fourth-order valence-corrected chi connectivity index (χ4v) is 1.10. The van der Waals surface area contributed by atoms with Crippen molar-refractivity contribution in [3.05, 3.63) is 39.7 Å². The molecule has 0 saturated carbocycles. The van der Waals surface area contributed by atoms with Gasteiger partial charge in [0, 0.05) is 12.5 Å². The molecule has 0 heterocycles. The van der Waals surface area contributed by atoms with Crippen LogP contribution in [0.4, 0.5) is 10.1 Å². The third-order valence-corrected chi connectivity index (χ3v) is 1.66. The molecule has 1 aromatic carbocycles. The lowest BCUT2D eigenvalue weighted by atomic mass is 10.1. The molecular formula is C9H8FNO3. The predicted molar refractivity (Wildman–Crippen MR) is 47.4 cm³/mol. The van der Waals surface area contributed by atoms with Gasteiger partial charge >= 0.3 is 5.69 Å². The summed E-state index contributed by atoms with van der Waals surface area (Å²) in [5.41, 5.74) is -0.144. The van der Waals surface area contributed by atoms with Crippen LogP contribution < -0.4 is 0 Å². The average Bonchev–Trinajstić information content (AvgIpc) is 2.07. The van der Waals surface area contributed by atoms with E-state index in [9.17, 15) is 19.3 Å². The summed E-state index contributed by atoms with van der Waals surface area (Å²) in [6.45, 7) is 1.37. The van der Waals surface area contributed by atoms with Crippen molar-refractivity contribution < 1.29 is 14.1 Å².